The first-order valence-electron chi connectivity index (χ1n) is 6.88. The molecular weight excluding hydrogens is 282 g/mol. The molecule has 1 atom stereocenters. The highest BCUT2D eigenvalue weighted by atomic mass is 16.3. The minimum Gasteiger partial charge on any atom is -0.503 e. The number of nitrogens with zero attached hydrogens (tertiary/aromatic N) is 1. The van der Waals surface area contributed by atoms with Crippen LogP contribution in [0.15, 0.2) is 58.4 Å². The Balaban J connectivity index is 2.15. The summed E-state index contributed by atoms with van der Waals surface area (Å²) in [7, 11) is 0. The average Bonchev–Trinajstić information content (AvgIpc) is 3.08. The van der Waals surface area contributed by atoms with E-state index in [1.54, 1.807) is 24.3 Å². The third kappa shape index (κ3) is 2.11. The van der Waals surface area contributed by atoms with E-state index in [4.69, 9.17) is 4.42 Å². The number of aliphatic hydroxyl groups is 1. The molecule has 0 fully saturated rings. The normalized spacial score (nSPS) is 18.2. The summed E-state index contributed by atoms with van der Waals surface area (Å²) in [4.78, 5) is 25.7. The molecular formula is C17H15NO4. The molecule has 1 aliphatic rings. The fourth-order valence-electron chi connectivity index (χ4n) is 2.65. The number of aliphatic hydroxyl groups excluding tert-OH is 1. The van der Waals surface area contributed by atoms with Gasteiger partial charge >= 0.3 is 0 Å². The van der Waals surface area contributed by atoms with Gasteiger partial charge in [0, 0.05) is 5.69 Å². The molecule has 1 N–H and O–H groups in total. The van der Waals surface area contributed by atoms with Crippen molar-refractivity contribution in [2.45, 2.75) is 19.9 Å². The second-order valence-electron chi connectivity index (χ2n) is 5.25. The van der Waals surface area contributed by atoms with E-state index in [1.807, 2.05) is 19.1 Å². The smallest absolute Gasteiger partial charge is 0.294 e. The predicted octanol–water partition coefficient (Wildman–Crippen LogP) is 3.08. The van der Waals surface area contributed by atoms with Crippen LogP contribution in [0.1, 0.15) is 24.3 Å². The Hall–Kier alpha value is -2.82. The summed E-state index contributed by atoms with van der Waals surface area (Å²) in [6.07, 6.45) is 1.47. The highest BCUT2D eigenvalue weighted by Gasteiger charge is 2.44. The van der Waals surface area contributed by atoms with E-state index in [0.717, 1.165) is 5.56 Å². The van der Waals surface area contributed by atoms with Crippen molar-refractivity contribution in [3.8, 4) is 0 Å². The zero-order valence-electron chi connectivity index (χ0n) is 12.2. The Kier molecular flexibility index (Phi) is 3.33. The molecule has 0 spiro atoms. The Bertz CT molecular complexity index is 756. The molecule has 1 aromatic carbocycles. The molecule has 1 aromatic heterocycles. The Morgan fingerprint density at radius 1 is 1.23 bits per heavy atom. The molecule has 22 heavy (non-hydrogen) atoms. The molecule has 5 nitrogen and oxygen atoms in total. The summed E-state index contributed by atoms with van der Waals surface area (Å²) >= 11 is 0. The molecule has 0 bridgehead atoms. The zero-order valence-corrected chi connectivity index (χ0v) is 12.2. The molecule has 0 radical (unpaired) electrons. The van der Waals surface area contributed by atoms with Crippen LogP contribution >= 0.6 is 0 Å². The van der Waals surface area contributed by atoms with Gasteiger partial charge in [-0.15, -0.1) is 0 Å². The van der Waals surface area contributed by atoms with E-state index in [0.29, 0.717) is 11.4 Å². The average molecular weight is 297 g/mol. The van der Waals surface area contributed by atoms with Gasteiger partial charge in [-0.25, -0.2) is 0 Å². The maximum Gasteiger partial charge on any atom is 0.294 e. The number of benzene rings is 1. The van der Waals surface area contributed by atoms with Crippen molar-refractivity contribution in [3.63, 3.8) is 0 Å². The van der Waals surface area contributed by atoms with E-state index in [1.165, 1.54) is 18.1 Å². The Morgan fingerprint density at radius 3 is 2.45 bits per heavy atom. The lowest BCUT2D eigenvalue weighted by atomic mass is 10.0. The van der Waals surface area contributed by atoms with Crippen LogP contribution in [0.2, 0.25) is 0 Å². The van der Waals surface area contributed by atoms with Crippen LogP contribution in [0.4, 0.5) is 5.69 Å². The van der Waals surface area contributed by atoms with E-state index >= 15 is 0 Å². The molecule has 1 aliphatic heterocycles. The SMILES string of the molecule is CC(=O)C1=C(O)C(=O)N(c2ccc(C)cc2)C1c1ccco1. The molecule has 5 heteroatoms. The highest BCUT2D eigenvalue weighted by molar-refractivity contribution is 6.15. The number of amides is 1. The number of carbonyl (C=O) groups excluding carboxylic acids is 2. The van der Waals surface area contributed by atoms with Crippen molar-refractivity contribution in [1.82, 2.24) is 0 Å². The summed E-state index contributed by atoms with van der Waals surface area (Å²) < 4.78 is 5.38. The molecule has 3 rings (SSSR count). The van der Waals surface area contributed by atoms with Gasteiger partial charge in [-0.05, 0) is 38.1 Å². The molecule has 0 saturated heterocycles. The fraction of sp³-hybridized carbons (Fsp3) is 0.176. The number of hydrogen-bond acceptors (Lipinski definition) is 4. The quantitative estimate of drug-likeness (QED) is 0.945. The van der Waals surface area contributed by atoms with Gasteiger partial charge in [0.1, 0.15) is 11.8 Å². The van der Waals surface area contributed by atoms with E-state index in [-0.39, 0.29) is 11.4 Å². The van der Waals surface area contributed by atoms with Crippen molar-refractivity contribution < 1.29 is 19.1 Å². The fourth-order valence-corrected chi connectivity index (χ4v) is 2.65. The minimum absolute atomic E-state index is 0.0560. The largest absolute Gasteiger partial charge is 0.503 e. The number of hydrogen-bond donors (Lipinski definition) is 1. The summed E-state index contributed by atoms with van der Waals surface area (Å²) in [5.74, 6) is -1.05. The number of furan rings is 1. The second-order valence-corrected chi connectivity index (χ2v) is 5.25. The molecule has 0 aliphatic carbocycles. The van der Waals surface area contributed by atoms with Crippen LogP contribution in [0.25, 0.3) is 0 Å². The highest BCUT2D eigenvalue weighted by Crippen LogP contribution is 2.40. The van der Waals surface area contributed by atoms with Gasteiger partial charge in [0.2, 0.25) is 0 Å². The molecule has 112 valence electrons. The number of rotatable bonds is 3. The number of Topliss-reactive ketones (excluding diaryl/α,β-unsaturated/α-hetero) is 1. The van der Waals surface area contributed by atoms with Gasteiger partial charge in [-0.1, -0.05) is 17.7 Å². The Labute approximate surface area is 127 Å². The topological polar surface area (TPSA) is 70.8 Å². The number of carbonyl (C=O) groups is 2. The van der Waals surface area contributed by atoms with Gasteiger partial charge in [-0.2, -0.15) is 0 Å². The van der Waals surface area contributed by atoms with Crippen molar-refractivity contribution >= 4 is 17.4 Å². The minimum atomic E-state index is -0.747. The van der Waals surface area contributed by atoms with Crippen LogP contribution in [-0.4, -0.2) is 16.8 Å². The monoisotopic (exact) mass is 297 g/mol. The molecule has 0 saturated carbocycles. The summed E-state index contributed by atoms with van der Waals surface area (Å²) in [6, 6.07) is 9.90. The van der Waals surface area contributed by atoms with Gasteiger partial charge in [0.15, 0.2) is 11.5 Å². The van der Waals surface area contributed by atoms with Crippen molar-refractivity contribution in [2.75, 3.05) is 4.90 Å². The lowest BCUT2D eigenvalue weighted by Gasteiger charge is -2.24. The predicted molar refractivity (Wildman–Crippen MR) is 80.4 cm³/mol. The van der Waals surface area contributed by atoms with Crippen LogP contribution in [0, 0.1) is 6.92 Å². The summed E-state index contributed by atoms with van der Waals surface area (Å²) in [5.41, 5.74) is 1.70. The second kappa shape index (κ2) is 5.18. The van der Waals surface area contributed by atoms with Crippen LogP contribution in [0.3, 0.4) is 0 Å². The van der Waals surface area contributed by atoms with Crippen molar-refractivity contribution in [1.29, 1.82) is 0 Å². The van der Waals surface area contributed by atoms with Gasteiger partial charge in [0.05, 0.1) is 11.8 Å². The maximum atomic E-state index is 12.4. The summed E-state index contributed by atoms with van der Waals surface area (Å²) in [5, 5.41) is 10.1. The van der Waals surface area contributed by atoms with Crippen LogP contribution < -0.4 is 4.90 Å². The molecule has 2 heterocycles. The van der Waals surface area contributed by atoms with E-state index < -0.39 is 17.7 Å². The number of aryl methyl sites for hydroxylation is 1. The molecule has 2 aromatic rings. The van der Waals surface area contributed by atoms with Crippen LogP contribution in [0.5, 0.6) is 0 Å². The Morgan fingerprint density at radius 2 is 1.91 bits per heavy atom. The van der Waals surface area contributed by atoms with Crippen LogP contribution in [-0.2, 0) is 9.59 Å². The lowest BCUT2D eigenvalue weighted by molar-refractivity contribution is -0.117. The van der Waals surface area contributed by atoms with Crippen molar-refractivity contribution in [3.05, 3.63) is 65.3 Å². The van der Waals surface area contributed by atoms with E-state index in [2.05, 4.69) is 0 Å². The molecule has 1 amide bonds. The first kappa shape index (κ1) is 14.1. The van der Waals surface area contributed by atoms with E-state index in [9.17, 15) is 14.7 Å². The maximum absolute atomic E-state index is 12.4. The lowest BCUT2D eigenvalue weighted by Crippen LogP contribution is -2.30. The number of anilines is 1. The standard InChI is InChI=1S/C17H15NO4/c1-10-5-7-12(8-6-10)18-15(13-4-3-9-22-13)14(11(2)19)16(20)17(18)21/h3-9,15,20H,1-2H3. The van der Waals surface area contributed by atoms with Gasteiger partial charge in [0.25, 0.3) is 5.91 Å². The summed E-state index contributed by atoms with van der Waals surface area (Å²) in [6.45, 7) is 3.27. The first-order chi connectivity index (χ1) is 10.5. The van der Waals surface area contributed by atoms with Gasteiger partial charge < -0.3 is 9.52 Å². The third-order valence-corrected chi connectivity index (χ3v) is 3.71. The first-order valence-corrected chi connectivity index (χ1v) is 6.88. The zero-order chi connectivity index (χ0) is 15.9. The third-order valence-electron chi connectivity index (χ3n) is 3.71. The number of ketones is 1. The van der Waals surface area contributed by atoms with Gasteiger partial charge in [-0.3, -0.25) is 14.5 Å². The molecule has 1 unspecified atom stereocenters. The van der Waals surface area contributed by atoms with Crippen molar-refractivity contribution in [2.24, 2.45) is 0 Å².